The largest absolute Gasteiger partial charge is 0.459 e. The summed E-state index contributed by atoms with van der Waals surface area (Å²) in [6.45, 7) is 6.75. The Morgan fingerprint density at radius 1 is 1.29 bits per heavy atom. The first-order valence-corrected chi connectivity index (χ1v) is 8.30. The van der Waals surface area contributed by atoms with Gasteiger partial charge in [0.1, 0.15) is 0 Å². The molecule has 0 bridgehead atoms. The molecule has 1 aliphatic heterocycles. The van der Waals surface area contributed by atoms with Crippen molar-refractivity contribution in [3.05, 3.63) is 41.7 Å². The Morgan fingerprint density at radius 3 is 2.96 bits per heavy atom. The zero-order chi connectivity index (χ0) is 16.5. The first-order valence-electron chi connectivity index (χ1n) is 8.30. The van der Waals surface area contributed by atoms with E-state index in [1.54, 1.807) is 6.26 Å². The van der Waals surface area contributed by atoms with Crippen LogP contribution in [0.25, 0.3) is 11.7 Å². The van der Waals surface area contributed by atoms with Crippen LogP contribution in [0, 0.1) is 13.8 Å². The van der Waals surface area contributed by atoms with E-state index in [1.165, 1.54) is 12.1 Å². The molecule has 7 nitrogen and oxygen atoms in total. The van der Waals surface area contributed by atoms with Crippen LogP contribution in [0.1, 0.15) is 30.1 Å². The molecule has 1 atom stereocenters. The van der Waals surface area contributed by atoms with E-state index >= 15 is 0 Å². The minimum absolute atomic E-state index is 0.435. The summed E-state index contributed by atoms with van der Waals surface area (Å²) in [6, 6.07) is 6.19. The summed E-state index contributed by atoms with van der Waals surface area (Å²) in [6.07, 6.45) is 3.95. The Labute approximate surface area is 140 Å². The van der Waals surface area contributed by atoms with E-state index in [0.717, 1.165) is 25.2 Å². The minimum atomic E-state index is 0.435. The molecule has 1 fully saturated rings. The molecule has 1 aliphatic rings. The summed E-state index contributed by atoms with van der Waals surface area (Å²) in [5.74, 6) is 1.67. The molecule has 4 rings (SSSR count). The summed E-state index contributed by atoms with van der Waals surface area (Å²) in [5, 5.41) is 12.8. The van der Waals surface area contributed by atoms with Gasteiger partial charge in [-0.05, 0) is 51.4 Å². The van der Waals surface area contributed by atoms with Crippen molar-refractivity contribution >= 4 is 0 Å². The lowest BCUT2D eigenvalue weighted by atomic mass is 10.2. The van der Waals surface area contributed by atoms with Crippen molar-refractivity contribution < 1.29 is 8.83 Å². The molecule has 0 saturated carbocycles. The SMILES string of the molecule is Cc1cc(C)n(CC2CCCN2Cc2nnc(-c3ccco3)o2)n1. The van der Waals surface area contributed by atoms with Crippen molar-refractivity contribution in [1.29, 1.82) is 0 Å². The number of aromatic nitrogens is 4. The third kappa shape index (κ3) is 2.99. The Bertz CT molecular complexity index is 805. The lowest BCUT2D eigenvalue weighted by Gasteiger charge is -2.23. The van der Waals surface area contributed by atoms with Crippen molar-refractivity contribution in [3.8, 4) is 11.7 Å². The zero-order valence-electron chi connectivity index (χ0n) is 14.0. The molecule has 7 heteroatoms. The Morgan fingerprint density at radius 2 is 2.21 bits per heavy atom. The number of furan rings is 1. The molecule has 1 saturated heterocycles. The number of aryl methyl sites for hydroxylation is 2. The van der Waals surface area contributed by atoms with Crippen LogP contribution in [0.5, 0.6) is 0 Å². The molecule has 0 aromatic carbocycles. The van der Waals surface area contributed by atoms with Crippen molar-refractivity contribution in [1.82, 2.24) is 24.9 Å². The number of rotatable bonds is 5. The zero-order valence-corrected chi connectivity index (χ0v) is 14.0. The third-order valence-corrected chi connectivity index (χ3v) is 4.52. The maximum Gasteiger partial charge on any atom is 0.283 e. The summed E-state index contributed by atoms with van der Waals surface area (Å²) < 4.78 is 13.1. The molecular formula is C17H21N5O2. The van der Waals surface area contributed by atoms with Crippen molar-refractivity contribution in [2.45, 2.75) is 45.8 Å². The Kier molecular flexibility index (Phi) is 3.93. The van der Waals surface area contributed by atoms with E-state index in [-0.39, 0.29) is 0 Å². The highest BCUT2D eigenvalue weighted by atomic mass is 16.4. The van der Waals surface area contributed by atoms with Crippen LogP contribution < -0.4 is 0 Å². The maximum absolute atomic E-state index is 5.74. The molecule has 24 heavy (non-hydrogen) atoms. The van der Waals surface area contributed by atoms with Gasteiger partial charge in [0, 0.05) is 11.7 Å². The second-order valence-corrected chi connectivity index (χ2v) is 6.35. The molecule has 0 spiro atoms. The monoisotopic (exact) mass is 327 g/mol. The average molecular weight is 327 g/mol. The van der Waals surface area contributed by atoms with Gasteiger partial charge in [0.15, 0.2) is 5.76 Å². The average Bonchev–Trinajstić information content (AvgIpc) is 3.30. The summed E-state index contributed by atoms with van der Waals surface area (Å²) in [5.41, 5.74) is 2.27. The molecular weight excluding hydrogens is 306 g/mol. The molecule has 0 radical (unpaired) electrons. The van der Waals surface area contributed by atoms with E-state index in [9.17, 15) is 0 Å². The van der Waals surface area contributed by atoms with Gasteiger partial charge in [0.05, 0.1) is 25.0 Å². The van der Waals surface area contributed by atoms with Gasteiger partial charge in [-0.2, -0.15) is 5.10 Å². The predicted octanol–water partition coefficient (Wildman–Crippen LogP) is 2.81. The van der Waals surface area contributed by atoms with Gasteiger partial charge >= 0.3 is 0 Å². The number of likely N-dealkylation sites (tertiary alicyclic amines) is 1. The van der Waals surface area contributed by atoms with Crippen LogP contribution >= 0.6 is 0 Å². The third-order valence-electron chi connectivity index (χ3n) is 4.52. The minimum Gasteiger partial charge on any atom is -0.459 e. The van der Waals surface area contributed by atoms with Crippen molar-refractivity contribution in [2.24, 2.45) is 0 Å². The molecule has 126 valence electrons. The molecule has 3 aromatic heterocycles. The quantitative estimate of drug-likeness (QED) is 0.717. The molecule has 3 aromatic rings. The number of hydrogen-bond donors (Lipinski definition) is 0. The van der Waals surface area contributed by atoms with Gasteiger partial charge in [0.2, 0.25) is 5.89 Å². The standard InChI is InChI=1S/C17H21N5O2/c1-12-9-13(2)22(20-12)10-14-5-3-7-21(14)11-16-18-19-17(24-16)15-6-4-8-23-15/h4,6,8-9,14H,3,5,7,10-11H2,1-2H3. The summed E-state index contributed by atoms with van der Waals surface area (Å²) in [4.78, 5) is 2.40. The highest BCUT2D eigenvalue weighted by Gasteiger charge is 2.27. The van der Waals surface area contributed by atoms with Crippen LogP contribution in [-0.2, 0) is 13.1 Å². The lowest BCUT2D eigenvalue weighted by Crippen LogP contribution is -2.33. The second kappa shape index (κ2) is 6.24. The first-order chi connectivity index (χ1) is 11.7. The smallest absolute Gasteiger partial charge is 0.283 e. The van der Waals surface area contributed by atoms with E-state index < -0.39 is 0 Å². The predicted molar refractivity (Wildman–Crippen MR) is 87.1 cm³/mol. The van der Waals surface area contributed by atoms with Crippen molar-refractivity contribution in [3.63, 3.8) is 0 Å². The van der Waals surface area contributed by atoms with E-state index in [1.807, 2.05) is 19.1 Å². The lowest BCUT2D eigenvalue weighted by molar-refractivity contribution is 0.199. The molecule has 0 amide bonds. The fraction of sp³-hybridized carbons (Fsp3) is 0.471. The Balaban J connectivity index is 1.44. The number of hydrogen-bond acceptors (Lipinski definition) is 6. The molecule has 0 aliphatic carbocycles. The summed E-state index contributed by atoms with van der Waals surface area (Å²) >= 11 is 0. The van der Waals surface area contributed by atoms with Gasteiger partial charge in [0.25, 0.3) is 5.89 Å². The van der Waals surface area contributed by atoms with Gasteiger partial charge < -0.3 is 8.83 Å². The first kappa shape index (κ1) is 15.1. The van der Waals surface area contributed by atoms with E-state index in [4.69, 9.17) is 8.83 Å². The van der Waals surface area contributed by atoms with Gasteiger partial charge in [-0.15, -0.1) is 10.2 Å². The van der Waals surface area contributed by atoms with Crippen LogP contribution in [0.15, 0.2) is 33.3 Å². The van der Waals surface area contributed by atoms with Gasteiger partial charge in [-0.3, -0.25) is 9.58 Å². The second-order valence-electron chi connectivity index (χ2n) is 6.35. The highest BCUT2D eigenvalue weighted by Crippen LogP contribution is 2.23. The topological polar surface area (TPSA) is 73.1 Å². The van der Waals surface area contributed by atoms with Crippen LogP contribution in [0.3, 0.4) is 0 Å². The fourth-order valence-electron chi connectivity index (χ4n) is 3.36. The van der Waals surface area contributed by atoms with Crippen LogP contribution in [-0.4, -0.2) is 37.5 Å². The highest BCUT2D eigenvalue weighted by molar-refractivity contribution is 5.42. The Hall–Kier alpha value is -2.41. The van der Waals surface area contributed by atoms with E-state index in [2.05, 4.69) is 37.9 Å². The maximum atomic E-state index is 5.74. The fourth-order valence-corrected chi connectivity index (χ4v) is 3.36. The normalized spacial score (nSPS) is 18.5. The van der Waals surface area contributed by atoms with Crippen molar-refractivity contribution in [2.75, 3.05) is 6.54 Å². The summed E-state index contributed by atoms with van der Waals surface area (Å²) in [7, 11) is 0. The molecule has 0 N–H and O–H groups in total. The van der Waals surface area contributed by atoms with E-state index in [0.29, 0.717) is 30.1 Å². The molecule has 4 heterocycles. The van der Waals surface area contributed by atoms with Crippen LogP contribution in [0.2, 0.25) is 0 Å². The van der Waals surface area contributed by atoms with Gasteiger partial charge in [-0.1, -0.05) is 0 Å². The van der Waals surface area contributed by atoms with Crippen LogP contribution in [0.4, 0.5) is 0 Å². The van der Waals surface area contributed by atoms with Gasteiger partial charge in [-0.25, -0.2) is 0 Å². The molecule has 1 unspecified atom stereocenters. The number of nitrogens with zero attached hydrogens (tertiary/aromatic N) is 5.